The molecule has 0 fully saturated rings. The molecular weight excluding hydrogens is 813 g/mol. The molecule has 0 spiro atoms. The van der Waals surface area contributed by atoms with Crippen molar-refractivity contribution in [2.24, 2.45) is 0 Å². The van der Waals surface area contributed by atoms with Gasteiger partial charge in [-0.1, -0.05) is 152 Å². The quantitative estimate of drug-likeness (QED) is 0.155. The Hall–Kier alpha value is -7.76. The molecular formula is C60H38N2S2. The summed E-state index contributed by atoms with van der Waals surface area (Å²) < 4.78 is 7.69. The maximum atomic E-state index is 2.42. The minimum Gasteiger partial charge on any atom is -0.311 e. The Morgan fingerprint density at radius 3 is 1.12 bits per heavy atom. The lowest BCUT2D eigenvalue weighted by Crippen LogP contribution is -2.09. The monoisotopic (exact) mass is 850 g/mol. The van der Waals surface area contributed by atoms with Gasteiger partial charge in [-0.15, -0.1) is 22.7 Å². The summed E-state index contributed by atoms with van der Waals surface area (Å²) in [7, 11) is 0. The van der Waals surface area contributed by atoms with Crippen LogP contribution >= 0.6 is 22.7 Å². The molecule has 10 aromatic carbocycles. The molecule has 0 radical (unpaired) electrons. The average molecular weight is 851 g/mol. The first-order valence-electron chi connectivity index (χ1n) is 21.7. The third kappa shape index (κ3) is 5.91. The Labute approximate surface area is 378 Å². The van der Waals surface area contributed by atoms with Crippen molar-refractivity contribution in [3.63, 3.8) is 0 Å². The SMILES string of the molecule is c1ccc(-n2c3ccccc3c3ccccc32)c(-c2ccc(N(c3ccc(-c4cccc5sc6ccccc6c45)cc3)c3ccc(-c4cccc5sc6ccccc6c45)cc3)cc2)c1. The van der Waals surface area contributed by atoms with Crippen molar-refractivity contribution in [3.8, 4) is 39.1 Å². The van der Waals surface area contributed by atoms with Crippen LogP contribution in [0.2, 0.25) is 0 Å². The largest absolute Gasteiger partial charge is 0.311 e. The molecule has 0 amide bonds. The van der Waals surface area contributed by atoms with Gasteiger partial charge in [-0.3, -0.25) is 0 Å². The number of nitrogens with zero attached hydrogens (tertiary/aromatic N) is 2. The highest BCUT2D eigenvalue weighted by atomic mass is 32.1. The number of hydrogen-bond acceptors (Lipinski definition) is 3. The number of fused-ring (bicyclic) bond motifs is 9. The lowest BCUT2D eigenvalue weighted by molar-refractivity contribution is 1.18. The second-order valence-electron chi connectivity index (χ2n) is 16.4. The molecule has 0 aliphatic heterocycles. The first kappa shape index (κ1) is 36.9. The first-order chi connectivity index (χ1) is 31.7. The molecule has 0 bridgehead atoms. The third-order valence-corrected chi connectivity index (χ3v) is 15.1. The third-order valence-electron chi connectivity index (χ3n) is 12.8. The minimum absolute atomic E-state index is 1.09. The van der Waals surface area contributed by atoms with E-state index >= 15 is 0 Å². The van der Waals surface area contributed by atoms with Gasteiger partial charge in [-0.2, -0.15) is 0 Å². The summed E-state index contributed by atoms with van der Waals surface area (Å²) in [6.07, 6.45) is 0. The molecule has 4 heteroatoms. The van der Waals surface area contributed by atoms with Gasteiger partial charge >= 0.3 is 0 Å². The molecule has 300 valence electrons. The molecule has 2 nitrogen and oxygen atoms in total. The van der Waals surface area contributed by atoms with Crippen molar-refractivity contribution in [2.45, 2.75) is 0 Å². The molecule has 0 aliphatic carbocycles. The number of aromatic nitrogens is 1. The van der Waals surface area contributed by atoms with Gasteiger partial charge in [0.2, 0.25) is 0 Å². The lowest BCUT2D eigenvalue weighted by atomic mass is 9.98. The predicted octanol–water partition coefficient (Wildman–Crippen LogP) is 18.0. The van der Waals surface area contributed by atoms with E-state index in [-0.39, 0.29) is 0 Å². The zero-order valence-corrected chi connectivity index (χ0v) is 36.3. The van der Waals surface area contributed by atoms with Crippen LogP contribution in [0.4, 0.5) is 17.1 Å². The molecule has 13 rings (SSSR count). The summed E-state index contributed by atoms with van der Waals surface area (Å²) in [5.41, 5.74) is 14.2. The van der Waals surface area contributed by atoms with Crippen LogP contribution in [0.15, 0.2) is 231 Å². The molecule has 13 aromatic rings. The predicted molar refractivity (Wildman–Crippen MR) is 278 cm³/mol. The van der Waals surface area contributed by atoms with E-state index in [1.54, 1.807) is 0 Å². The van der Waals surface area contributed by atoms with Crippen LogP contribution in [0.1, 0.15) is 0 Å². The highest BCUT2D eigenvalue weighted by Gasteiger charge is 2.19. The lowest BCUT2D eigenvalue weighted by Gasteiger charge is -2.26. The molecule has 0 unspecified atom stereocenters. The van der Waals surface area contributed by atoms with Crippen molar-refractivity contribution in [3.05, 3.63) is 231 Å². The average Bonchev–Trinajstić information content (AvgIpc) is 4.05. The summed E-state index contributed by atoms with van der Waals surface area (Å²) in [4.78, 5) is 2.39. The molecule has 0 saturated heterocycles. The maximum Gasteiger partial charge on any atom is 0.0541 e. The van der Waals surface area contributed by atoms with E-state index in [9.17, 15) is 0 Å². The zero-order valence-electron chi connectivity index (χ0n) is 34.7. The van der Waals surface area contributed by atoms with E-state index in [2.05, 4.69) is 240 Å². The van der Waals surface area contributed by atoms with Crippen LogP contribution in [0, 0.1) is 0 Å². The van der Waals surface area contributed by atoms with Crippen LogP contribution < -0.4 is 4.90 Å². The summed E-state index contributed by atoms with van der Waals surface area (Å²) in [5.74, 6) is 0. The normalized spacial score (nSPS) is 11.8. The molecule has 0 saturated carbocycles. The standard InChI is InChI=1S/C60H38N2S2/c1-6-20-52(62-53-21-7-2-14-48(53)49-15-3-8-22-54(49)62)45(13-1)39-27-33-42(34-28-39)61(43-35-29-40(30-36-43)46-18-11-25-57-59(46)50-16-4-9-23-55(50)63-57)44-37-31-41(32-38-44)47-19-12-26-58-60(47)51-17-5-10-24-56(51)64-58/h1-38H. The van der Waals surface area contributed by atoms with Crippen molar-refractivity contribution in [2.75, 3.05) is 4.90 Å². The van der Waals surface area contributed by atoms with Gasteiger partial charge in [0.15, 0.2) is 0 Å². The highest BCUT2D eigenvalue weighted by molar-refractivity contribution is 7.26. The summed E-state index contributed by atoms with van der Waals surface area (Å²) in [6.45, 7) is 0. The Morgan fingerprint density at radius 2 is 0.641 bits per heavy atom. The Bertz CT molecular complexity index is 3680. The molecule has 0 N–H and O–H groups in total. The molecule has 0 aliphatic rings. The number of para-hydroxylation sites is 3. The Balaban J connectivity index is 0.926. The van der Waals surface area contributed by atoms with E-state index in [4.69, 9.17) is 0 Å². The van der Waals surface area contributed by atoms with Gasteiger partial charge in [0.25, 0.3) is 0 Å². The zero-order chi connectivity index (χ0) is 42.1. The number of anilines is 3. The molecule has 64 heavy (non-hydrogen) atoms. The number of hydrogen-bond donors (Lipinski definition) is 0. The van der Waals surface area contributed by atoms with Crippen molar-refractivity contribution in [1.82, 2.24) is 4.57 Å². The number of thiophene rings is 2. The van der Waals surface area contributed by atoms with Crippen molar-refractivity contribution in [1.29, 1.82) is 0 Å². The number of rotatable bonds is 7. The van der Waals surface area contributed by atoms with Gasteiger partial charge < -0.3 is 9.47 Å². The van der Waals surface area contributed by atoms with E-state index in [1.807, 2.05) is 22.7 Å². The minimum atomic E-state index is 1.09. The second kappa shape index (κ2) is 15.0. The number of benzene rings is 10. The summed E-state index contributed by atoms with van der Waals surface area (Å²) in [5, 5.41) is 7.81. The highest BCUT2D eigenvalue weighted by Crippen LogP contribution is 2.44. The van der Waals surface area contributed by atoms with Gasteiger partial charge in [-0.05, 0) is 107 Å². The van der Waals surface area contributed by atoms with Crippen LogP contribution in [0.5, 0.6) is 0 Å². The van der Waals surface area contributed by atoms with Crippen LogP contribution in [0.25, 0.3) is 101 Å². The van der Waals surface area contributed by atoms with Crippen molar-refractivity contribution >= 4 is 102 Å². The Kier molecular flexibility index (Phi) is 8.61. The van der Waals surface area contributed by atoms with Crippen molar-refractivity contribution < 1.29 is 0 Å². The first-order valence-corrected chi connectivity index (χ1v) is 23.4. The summed E-state index contributed by atoms with van der Waals surface area (Å²) >= 11 is 3.73. The second-order valence-corrected chi connectivity index (χ2v) is 18.6. The Morgan fingerprint density at radius 1 is 0.281 bits per heavy atom. The van der Waals surface area contributed by atoms with E-state index in [0.29, 0.717) is 0 Å². The van der Waals surface area contributed by atoms with E-state index in [1.165, 1.54) is 95.5 Å². The van der Waals surface area contributed by atoms with Crippen LogP contribution in [0.3, 0.4) is 0 Å². The molecule has 3 aromatic heterocycles. The van der Waals surface area contributed by atoms with Gasteiger partial charge in [0, 0.05) is 73.7 Å². The topological polar surface area (TPSA) is 8.17 Å². The molecule has 0 atom stereocenters. The summed E-state index contributed by atoms with van der Waals surface area (Å²) in [6, 6.07) is 84.6. The van der Waals surface area contributed by atoms with E-state index in [0.717, 1.165) is 22.7 Å². The van der Waals surface area contributed by atoms with E-state index < -0.39 is 0 Å². The van der Waals surface area contributed by atoms with Crippen LogP contribution in [-0.2, 0) is 0 Å². The smallest absolute Gasteiger partial charge is 0.0541 e. The van der Waals surface area contributed by atoms with Gasteiger partial charge in [-0.25, -0.2) is 0 Å². The van der Waals surface area contributed by atoms with Gasteiger partial charge in [0.05, 0.1) is 16.7 Å². The van der Waals surface area contributed by atoms with Gasteiger partial charge in [0.1, 0.15) is 0 Å². The fourth-order valence-corrected chi connectivity index (χ4v) is 12.2. The maximum absolute atomic E-state index is 2.42. The fraction of sp³-hybridized carbons (Fsp3) is 0. The fourth-order valence-electron chi connectivity index (χ4n) is 9.94. The molecule has 3 heterocycles. The van der Waals surface area contributed by atoms with Crippen LogP contribution in [-0.4, -0.2) is 4.57 Å².